The predicted molar refractivity (Wildman–Crippen MR) is 131 cm³/mol. The van der Waals surface area contributed by atoms with E-state index in [0.717, 1.165) is 24.2 Å². The molecule has 1 unspecified atom stereocenters. The first kappa shape index (κ1) is 26.7. The topological polar surface area (TPSA) is 81.1 Å². The van der Waals surface area contributed by atoms with Gasteiger partial charge in [-0.2, -0.15) is 0 Å². The third-order valence-electron chi connectivity index (χ3n) is 6.53. The number of rotatable bonds is 7. The Kier molecular flexibility index (Phi) is 8.88. The van der Waals surface area contributed by atoms with Crippen LogP contribution in [-0.4, -0.2) is 66.3 Å². The highest BCUT2D eigenvalue weighted by Gasteiger charge is 2.29. The second-order valence-corrected chi connectivity index (χ2v) is 8.72. The standard InChI is InChI=1S/C26H33N4O4.ClH/c1-4-28(5-2)21-7-6-20-16-22(26(33)34-23(20)17-21)25(32)30-14-12-29(13-15-30)24(31)18-27-10-8-19(3)9-11-27;/h6-11,16-17,24,31H,4-5,12-15,18H2,1-3H3;1H/q+1;/p-1. The van der Waals surface area contributed by atoms with Gasteiger partial charge in [-0.05, 0) is 44.5 Å². The van der Waals surface area contributed by atoms with Crippen molar-refractivity contribution in [3.05, 3.63) is 70.3 Å². The molecule has 1 atom stereocenters. The van der Waals surface area contributed by atoms with Gasteiger partial charge in [-0.3, -0.25) is 9.69 Å². The number of carbonyl (C=O) groups excluding carboxylic acids is 1. The Labute approximate surface area is 211 Å². The van der Waals surface area contributed by atoms with Crippen LogP contribution in [0, 0.1) is 6.92 Å². The number of hydrogen-bond acceptors (Lipinski definition) is 6. The summed E-state index contributed by atoms with van der Waals surface area (Å²) >= 11 is 0. The number of aliphatic hydroxyl groups excluding tert-OH is 1. The van der Waals surface area contributed by atoms with Gasteiger partial charge in [0.25, 0.3) is 5.91 Å². The Hall–Kier alpha value is -2.94. The van der Waals surface area contributed by atoms with Gasteiger partial charge in [0.15, 0.2) is 25.2 Å². The van der Waals surface area contributed by atoms with Crippen molar-refractivity contribution in [1.29, 1.82) is 0 Å². The molecule has 1 fully saturated rings. The van der Waals surface area contributed by atoms with E-state index in [1.807, 2.05) is 59.1 Å². The molecule has 3 aromatic rings. The first-order valence-corrected chi connectivity index (χ1v) is 11.9. The van der Waals surface area contributed by atoms with Gasteiger partial charge in [0.2, 0.25) is 0 Å². The zero-order valence-electron chi connectivity index (χ0n) is 20.5. The lowest BCUT2D eigenvalue weighted by molar-refractivity contribution is -0.707. The van der Waals surface area contributed by atoms with Crippen molar-refractivity contribution in [2.45, 2.75) is 33.5 Å². The smallest absolute Gasteiger partial charge is 0.349 e. The zero-order chi connectivity index (χ0) is 24.2. The normalized spacial score (nSPS) is 15.0. The number of nitrogens with zero attached hydrogens (tertiary/aromatic N) is 4. The molecule has 0 radical (unpaired) electrons. The van der Waals surface area contributed by atoms with E-state index >= 15 is 0 Å². The van der Waals surface area contributed by atoms with Crippen molar-refractivity contribution in [3.8, 4) is 0 Å². The fourth-order valence-electron chi connectivity index (χ4n) is 4.39. The first-order chi connectivity index (χ1) is 16.4. The van der Waals surface area contributed by atoms with Crippen LogP contribution in [-0.2, 0) is 6.54 Å². The summed E-state index contributed by atoms with van der Waals surface area (Å²) in [5, 5.41) is 11.4. The third-order valence-corrected chi connectivity index (χ3v) is 6.53. The number of pyridine rings is 1. The maximum atomic E-state index is 13.1. The average molecular weight is 501 g/mol. The van der Waals surface area contributed by atoms with Crippen molar-refractivity contribution in [3.63, 3.8) is 0 Å². The molecule has 1 aliphatic rings. The molecule has 4 rings (SSSR count). The van der Waals surface area contributed by atoms with Crippen LogP contribution in [0.25, 0.3) is 11.0 Å². The van der Waals surface area contributed by atoms with E-state index in [-0.39, 0.29) is 23.9 Å². The minimum absolute atomic E-state index is 0. The summed E-state index contributed by atoms with van der Waals surface area (Å²) in [7, 11) is 0. The number of piperazine rings is 1. The van der Waals surface area contributed by atoms with Crippen LogP contribution in [0.5, 0.6) is 0 Å². The first-order valence-electron chi connectivity index (χ1n) is 11.9. The number of hydrogen-bond donors (Lipinski definition) is 1. The van der Waals surface area contributed by atoms with Crippen molar-refractivity contribution in [2.75, 3.05) is 44.2 Å². The number of aryl methyl sites for hydroxylation is 1. The number of anilines is 1. The predicted octanol–water partition coefficient (Wildman–Crippen LogP) is -0.984. The molecule has 3 heterocycles. The molecule has 0 spiro atoms. The molecule has 1 aliphatic heterocycles. The third kappa shape index (κ3) is 6.01. The SMILES string of the molecule is CCN(CC)c1ccc2cc(C(=O)N3CCN(C(O)C[n+]4ccc(C)cc4)CC3)c(=O)oc2c1.[Cl-]. The molecule has 188 valence electrons. The monoisotopic (exact) mass is 500 g/mol. The van der Waals surface area contributed by atoms with Crippen LogP contribution < -0.4 is 27.5 Å². The largest absolute Gasteiger partial charge is 1.00 e. The Morgan fingerprint density at radius 1 is 1.09 bits per heavy atom. The molecule has 2 aromatic heterocycles. The van der Waals surface area contributed by atoms with Gasteiger partial charge < -0.3 is 31.7 Å². The van der Waals surface area contributed by atoms with E-state index in [2.05, 4.69) is 18.7 Å². The number of aromatic nitrogens is 1. The number of benzene rings is 1. The Bertz CT molecular complexity index is 1200. The number of halogens is 1. The molecule has 1 aromatic carbocycles. The highest BCUT2D eigenvalue weighted by Crippen LogP contribution is 2.22. The summed E-state index contributed by atoms with van der Waals surface area (Å²) < 4.78 is 7.48. The van der Waals surface area contributed by atoms with E-state index in [1.165, 1.54) is 5.56 Å². The fourth-order valence-corrected chi connectivity index (χ4v) is 4.39. The molecule has 1 amide bonds. The molecule has 35 heavy (non-hydrogen) atoms. The van der Waals surface area contributed by atoms with Crippen molar-refractivity contribution < 1.29 is 31.3 Å². The van der Waals surface area contributed by atoms with Crippen LogP contribution in [0.4, 0.5) is 5.69 Å². The summed E-state index contributed by atoms with van der Waals surface area (Å²) in [4.78, 5) is 31.5. The van der Waals surface area contributed by atoms with Crippen molar-refractivity contribution in [2.24, 2.45) is 0 Å². The van der Waals surface area contributed by atoms with Crippen LogP contribution in [0.2, 0.25) is 0 Å². The minimum atomic E-state index is -0.643. The number of carbonyl (C=O) groups is 1. The second kappa shape index (κ2) is 11.7. The number of amides is 1. The summed E-state index contributed by atoms with van der Waals surface area (Å²) in [5.74, 6) is -0.328. The van der Waals surface area contributed by atoms with Gasteiger partial charge >= 0.3 is 5.63 Å². The van der Waals surface area contributed by atoms with Gasteiger partial charge in [-0.25, -0.2) is 9.36 Å². The van der Waals surface area contributed by atoms with Gasteiger partial charge in [0.1, 0.15) is 11.1 Å². The van der Waals surface area contributed by atoms with Crippen LogP contribution >= 0.6 is 0 Å². The zero-order valence-corrected chi connectivity index (χ0v) is 21.2. The highest BCUT2D eigenvalue weighted by molar-refractivity contribution is 5.97. The summed E-state index contributed by atoms with van der Waals surface area (Å²) in [6.07, 6.45) is 3.25. The molecule has 1 N–H and O–H groups in total. The molecular weight excluding hydrogens is 468 g/mol. The van der Waals surface area contributed by atoms with E-state index in [4.69, 9.17) is 4.42 Å². The van der Waals surface area contributed by atoms with Crippen molar-refractivity contribution in [1.82, 2.24) is 9.80 Å². The van der Waals surface area contributed by atoms with Gasteiger partial charge in [-0.15, -0.1) is 0 Å². The fraction of sp³-hybridized carbons (Fsp3) is 0.423. The maximum absolute atomic E-state index is 13.1. The molecule has 0 saturated carbocycles. The van der Waals surface area contributed by atoms with Crippen molar-refractivity contribution >= 4 is 22.6 Å². The van der Waals surface area contributed by atoms with E-state index in [1.54, 1.807) is 11.0 Å². The second-order valence-electron chi connectivity index (χ2n) is 8.72. The number of fused-ring (bicyclic) bond motifs is 1. The average Bonchev–Trinajstić information content (AvgIpc) is 2.85. The molecule has 0 aliphatic carbocycles. The van der Waals surface area contributed by atoms with E-state index < -0.39 is 11.9 Å². The van der Waals surface area contributed by atoms with Crippen LogP contribution in [0.3, 0.4) is 0 Å². The maximum Gasteiger partial charge on any atom is 0.349 e. The van der Waals surface area contributed by atoms with E-state index in [9.17, 15) is 14.7 Å². The molecular formula is C26H33ClN4O4. The summed E-state index contributed by atoms with van der Waals surface area (Å²) in [6.45, 7) is 10.3. The minimum Gasteiger partial charge on any atom is -1.00 e. The molecule has 1 saturated heterocycles. The van der Waals surface area contributed by atoms with Gasteiger partial charge in [0.05, 0.1) is 0 Å². The number of aliphatic hydroxyl groups is 1. The highest BCUT2D eigenvalue weighted by atomic mass is 35.5. The van der Waals surface area contributed by atoms with Gasteiger partial charge in [-0.1, -0.05) is 0 Å². The molecule has 9 heteroatoms. The Morgan fingerprint density at radius 2 is 1.74 bits per heavy atom. The van der Waals surface area contributed by atoms with Gasteiger partial charge in [0, 0.05) is 68.5 Å². The quantitative estimate of drug-likeness (QED) is 0.332. The molecule has 8 nitrogen and oxygen atoms in total. The Morgan fingerprint density at radius 3 is 2.37 bits per heavy atom. The van der Waals surface area contributed by atoms with E-state index in [0.29, 0.717) is 38.3 Å². The lowest BCUT2D eigenvalue weighted by atomic mass is 10.1. The lowest BCUT2D eigenvalue weighted by Crippen LogP contribution is -3.00. The lowest BCUT2D eigenvalue weighted by Gasteiger charge is -2.36. The molecule has 0 bridgehead atoms. The van der Waals surface area contributed by atoms with Crippen LogP contribution in [0.1, 0.15) is 29.8 Å². The Balaban J connectivity index is 0.00000342. The van der Waals surface area contributed by atoms with Crippen LogP contribution in [0.15, 0.2) is 58.0 Å². The summed E-state index contributed by atoms with van der Waals surface area (Å²) in [5.41, 5.74) is 2.06. The summed E-state index contributed by atoms with van der Waals surface area (Å²) in [6, 6.07) is 11.4.